The SMILES string of the molecule is CNC(Cc1nnn(C)n1)CS(C)(=O)=O. The van der Waals surface area contributed by atoms with Gasteiger partial charge in [0.1, 0.15) is 9.84 Å². The fourth-order valence-corrected chi connectivity index (χ4v) is 2.25. The topological polar surface area (TPSA) is 89.8 Å². The van der Waals surface area contributed by atoms with Crippen molar-refractivity contribution in [2.24, 2.45) is 7.05 Å². The van der Waals surface area contributed by atoms with Crippen LogP contribution in [0.15, 0.2) is 0 Å². The zero-order chi connectivity index (χ0) is 11.5. The minimum Gasteiger partial charge on any atom is -0.316 e. The van der Waals surface area contributed by atoms with Crippen molar-refractivity contribution in [1.29, 1.82) is 0 Å². The maximum atomic E-state index is 11.1. The summed E-state index contributed by atoms with van der Waals surface area (Å²) in [6.07, 6.45) is 1.67. The van der Waals surface area contributed by atoms with Crippen molar-refractivity contribution in [2.45, 2.75) is 12.5 Å². The highest BCUT2D eigenvalue weighted by molar-refractivity contribution is 7.90. The molecule has 1 aromatic heterocycles. The minimum absolute atomic E-state index is 0.0712. The quantitative estimate of drug-likeness (QED) is 0.658. The second-order valence-electron chi connectivity index (χ2n) is 3.48. The van der Waals surface area contributed by atoms with Gasteiger partial charge in [0.2, 0.25) is 0 Å². The highest BCUT2D eigenvalue weighted by atomic mass is 32.2. The number of hydrogen-bond acceptors (Lipinski definition) is 6. The van der Waals surface area contributed by atoms with E-state index in [1.54, 1.807) is 14.1 Å². The van der Waals surface area contributed by atoms with Crippen molar-refractivity contribution in [3.05, 3.63) is 5.82 Å². The van der Waals surface area contributed by atoms with Crippen LogP contribution in [0.5, 0.6) is 0 Å². The summed E-state index contributed by atoms with van der Waals surface area (Å²) >= 11 is 0. The molecule has 0 amide bonds. The van der Waals surface area contributed by atoms with Crippen LogP contribution < -0.4 is 5.32 Å². The van der Waals surface area contributed by atoms with Gasteiger partial charge in [-0.3, -0.25) is 0 Å². The van der Waals surface area contributed by atoms with Crippen LogP contribution in [0.4, 0.5) is 0 Å². The first-order chi connectivity index (χ1) is 6.90. The molecule has 0 aromatic carbocycles. The maximum Gasteiger partial charge on any atom is 0.176 e. The molecule has 1 atom stereocenters. The van der Waals surface area contributed by atoms with Gasteiger partial charge in [0.05, 0.1) is 12.8 Å². The number of nitrogens with one attached hydrogen (secondary N) is 1. The number of aromatic nitrogens is 4. The molecule has 0 saturated heterocycles. The molecule has 86 valence electrons. The average Bonchev–Trinajstić information content (AvgIpc) is 2.47. The van der Waals surface area contributed by atoms with Crippen molar-refractivity contribution in [3.8, 4) is 0 Å². The molecular formula is C7H15N5O2S. The van der Waals surface area contributed by atoms with E-state index in [-0.39, 0.29) is 11.8 Å². The third-order valence-electron chi connectivity index (χ3n) is 1.89. The molecule has 1 unspecified atom stereocenters. The first-order valence-corrected chi connectivity index (χ1v) is 6.54. The summed E-state index contributed by atoms with van der Waals surface area (Å²) in [5.74, 6) is 0.613. The molecule has 0 spiro atoms. The van der Waals surface area contributed by atoms with Gasteiger partial charge in [-0.25, -0.2) is 8.42 Å². The summed E-state index contributed by atoms with van der Waals surface area (Å²) in [6.45, 7) is 0. The molecule has 1 heterocycles. The molecule has 1 rings (SSSR count). The van der Waals surface area contributed by atoms with E-state index < -0.39 is 9.84 Å². The molecule has 0 aliphatic heterocycles. The fraction of sp³-hybridized carbons (Fsp3) is 0.857. The van der Waals surface area contributed by atoms with Crippen LogP contribution in [-0.2, 0) is 23.3 Å². The predicted molar refractivity (Wildman–Crippen MR) is 55.1 cm³/mol. The van der Waals surface area contributed by atoms with Gasteiger partial charge in [0, 0.05) is 18.7 Å². The number of hydrogen-bond donors (Lipinski definition) is 1. The number of aryl methyl sites for hydroxylation is 1. The summed E-state index contributed by atoms with van der Waals surface area (Å²) in [6, 6.07) is -0.177. The number of nitrogens with zero attached hydrogens (tertiary/aromatic N) is 4. The highest BCUT2D eigenvalue weighted by Crippen LogP contribution is 1.98. The molecule has 0 fully saturated rings. The van der Waals surface area contributed by atoms with E-state index >= 15 is 0 Å². The van der Waals surface area contributed by atoms with E-state index in [4.69, 9.17) is 0 Å². The standard InChI is InChI=1S/C7H15N5O2S/c1-8-6(5-15(3,13)14)4-7-9-11-12(2)10-7/h6,8H,4-5H2,1-3H3. The summed E-state index contributed by atoms with van der Waals surface area (Å²) in [5.41, 5.74) is 0. The molecule has 8 heteroatoms. The Hall–Kier alpha value is -1.02. The lowest BCUT2D eigenvalue weighted by molar-refractivity contribution is 0.557. The van der Waals surface area contributed by atoms with Crippen molar-refractivity contribution < 1.29 is 8.42 Å². The summed E-state index contributed by atoms with van der Waals surface area (Å²) in [7, 11) is 0.389. The lowest BCUT2D eigenvalue weighted by Crippen LogP contribution is -2.35. The van der Waals surface area contributed by atoms with E-state index in [1.807, 2.05) is 0 Å². The molecule has 15 heavy (non-hydrogen) atoms. The number of likely N-dealkylation sites (N-methyl/N-ethyl adjacent to an activating group) is 1. The second-order valence-corrected chi connectivity index (χ2v) is 5.66. The third-order valence-corrected chi connectivity index (χ3v) is 2.90. The van der Waals surface area contributed by atoms with Gasteiger partial charge < -0.3 is 5.32 Å². The molecular weight excluding hydrogens is 218 g/mol. The Balaban J connectivity index is 2.62. The minimum atomic E-state index is -2.99. The lowest BCUT2D eigenvalue weighted by Gasteiger charge is -2.12. The van der Waals surface area contributed by atoms with E-state index in [0.717, 1.165) is 0 Å². The largest absolute Gasteiger partial charge is 0.316 e. The normalized spacial score (nSPS) is 14.1. The molecule has 1 N–H and O–H groups in total. The van der Waals surface area contributed by atoms with Crippen LogP contribution in [0.3, 0.4) is 0 Å². The molecule has 0 aliphatic carbocycles. The molecule has 1 aromatic rings. The van der Waals surface area contributed by atoms with E-state index in [2.05, 4.69) is 20.7 Å². The van der Waals surface area contributed by atoms with Gasteiger partial charge in [0.25, 0.3) is 0 Å². The van der Waals surface area contributed by atoms with Gasteiger partial charge in [-0.1, -0.05) is 0 Å². The monoisotopic (exact) mass is 233 g/mol. The Morgan fingerprint density at radius 2 is 2.20 bits per heavy atom. The fourth-order valence-electron chi connectivity index (χ4n) is 1.24. The third kappa shape index (κ3) is 4.34. The highest BCUT2D eigenvalue weighted by Gasteiger charge is 2.16. The van der Waals surface area contributed by atoms with Crippen LogP contribution in [0.25, 0.3) is 0 Å². The van der Waals surface area contributed by atoms with E-state index in [9.17, 15) is 8.42 Å². The molecule has 7 nitrogen and oxygen atoms in total. The van der Waals surface area contributed by atoms with Crippen molar-refractivity contribution in [1.82, 2.24) is 25.5 Å². The van der Waals surface area contributed by atoms with Gasteiger partial charge >= 0.3 is 0 Å². The summed E-state index contributed by atoms with van der Waals surface area (Å²) < 4.78 is 22.2. The van der Waals surface area contributed by atoms with Crippen LogP contribution in [0.2, 0.25) is 0 Å². The van der Waals surface area contributed by atoms with Crippen LogP contribution in [0, 0.1) is 0 Å². The maximum absolute atomic E-state index is 11.1. The number of tetrazole rings is 1. The van der Waals surface area contributed by atoms with Crippen LogP contribution in [-0.4, -0.2) is 53.7 Å². The van der Waals surface area contributed by atoms with Gasteiger partial charge in [-0.15, -0.1) is 10.2 Å². The average molecular weight is 233 g/mol. The van der Waals surface area contributed by atoms with Crippen molar-refractivity contribution in [3.63, 3.8) is 0 Å². The Bertz CT molecular complexity index is 413. The lowest BCUT2D eigenvalue weighted by atomic mass is 10.2. The van der Waals surface area contributed by atoms with E-state index in [1.165, 1.54) is 11.1 Å². The van der Waals surface area contributed by atoms with Crippen molar-refractivity contribution in [2.75, 3.05) is 19.1 Å². The second kappa shape index (κ2) is 4.67. The number of rotatable bonds is 5. The van der Waals surface area contributed by atoms with Gasteiger partial charge in [-0.05, 0) is 12.3 Å². The van der Waals surface area contributed by atoms with Gasteiger partial charge in [-0.2, -0.15) is 4.80 Å². The molecule has 0 saturated carbocycles. The van der Waals surface area contributed by atoms with Crippen molar-refractivity contribution >= 4 is 9.84 Å². The molecule has 0 radical (unpaired) electrons. The van der Waals surface area contributed by atoms with E-state index in [0.29, 0.717) is 12.2 Å². The molecule has 0 aliphatic rings. The predicted octanol–water partition coefficient (Wildman–Crippen LogP) is -1.61. The Morgan fingerprint density at radius 1 is 1.53 bits per heavy atom. The first kappa shape index (κ1) is 12.1. The molecule has 0 bridgehead atoms. The van der Waals surface area contributed by atoms with Gasteiger partial charge in [0.15, 0.2) is 5.82 Å². The number of sulfone groups is 1. The summed E-state index contributed by atoms with van der Waals surface area (Å²) in [4.78, 5) is 1.35. The Labute approximate surface area is 88.8 Å². The first-order valence-electron chi connectivity index (χ1n) is 4.48. The smallest absolute Gasteiger partial charge is 0.176 e. The van der Waals surface area contributed by atoms with Crippen LogP contribution >= 0.6 is 0 Å². The Kier molecular flexibility index (Phi) is 3.75. The zero-order valence-corrected chi connectivity index (χ0v) is 9.82. The zero-order valence-electron chi connectivity index (χ0n) is 9.01. The Morgan fingerprint density at radius 3 is 2.60 bits per heavy atom. The summed E-state index contributed by atoms with van der Waals surface area (Å²) in [5, 5.41) is 14.4. The van der Waals surface area contributed by atoms with Crippen LogP contribution in [0.1, 0.15) is 5.82 Å².